The fourth-order valence-electron chi connectivity index (χ4n) is 2.03. The number of hydrogen-bond acceptors (Lipinski definition) is 6. The second kappa shape index (κ2) is 6.61. The Kier molecular flexibility index (Phi) is 4.51. The van der Waals surface area contributed by atoms with Crippen LogP contribution in [0.4, 0.5) is 10.7 Å². The number of halogens is 1. The van der Waals surface area contributed by atoms with Gasteiger partial charge in [-0.25, -0.2) is 9.78 Å². The van der Waals surface area contributed by atoms with E-state index in [1.807, 2.05) is 0 Å². The SMILES string of the molecule is COC(=O)Nc1nc2cc(S(=O)(=O)Oc3ccccc3Cl)ccc2[nH]1. The van der Waals surface area contributed by atoms with Crippen molar-refractivity contribution in [2.24, 2.45) is 0 Å². The van der Waals surface area contributed by atoms with E-state index in [2.05, 4.69) is 20.0 Å². The fraction of sp³-hybridized carbons (Fsp3) is 0.0667. The highest BCUT2D eigenvalue weighted by atomic mass is 35.5. The Morgan fingerprint density at radius 1 is 1.24 bits per heavy atom. The van der Waals surface area contributed by atoms with Crippen LogP contribution in [0.15, 0.2) is 47.4 Å². The summed E-state index contributed by atoms with van der Waals surface area (Å²) in [7, 11) is -2.88. The van der Waals surface area contributed by atoms with Crippen molar-refractivity contribution < 1.29 is 22.1 Å². The summed E-state index contributed by atoms with van der Waals surface area (Å²) >= 11 is 5.92. The Balaban J connectivity index is 1.92. The molecule has 0 aliphatic heterocycles. The van der Waals surface area contributed by atoms with E-state index in [0.717, 1.165) is 0 Å². The molecule has 10 heteroatoms. The summed E-state index contributed by atoms with van der Waals surface area (Å²) in [5.41, 5.74) is 0.860. The lowest BCUT2D eigenvalue weighted by Crippen LogP contribution is -2.11. The first-order chi connectivity index (χ1) is 11.9. The summed E-state index contributed by atoms with van der Waals surface area (Å²) in [6.45, 7) is 0. The number of rotatable bonds is 4. The van der Waals surface area contributed by atoms with Gasteiger partial charge in [0.25, 0.3) is 0 Å². The van der Waals surface area contributed by atoms with Gasteiger partial charge in [0.2, 0.25) is 5.95 Å². The molecular weight excluding hydrogens is 370 g/mol. The van der Waals surface area contributed by atoms with Crippen LogP contribution >= 0.6 is 11.6 Å². The molecule has 2 aromatic carbocycles. The number of amides is 1. The normalized spacial score (nSPS) is 11.3. The van der Waals surface area contributed by atoms with Crippen molar-refractivity contribution in [2.45, 2.75) is 4.90 Å². The van der Waals surface area contributed by atoms with E-state index < -0.39 is 16.2 Å². The number of H-pyrrole nitrogens is 1. The minimum Gasteiger partial charge on any atom is -0.453 e. The number of imidazole rings is 1. The van der Waals surface area contributed by atoms with E-state index >= 15 is 0 Å². The monoisotopic (exact) mass is 381 g/mol. The molecule has 25 heavy (non-hydrogen) atoms. The van der Waals surface area contributed by atoms with Crippen LogP contribution in [0.3, 0.4) is 0 Å². The fourth-order valence-corrected chi connectivity index (χ4v) is 3.22. The molecule has 0 saturated carbocycles. The van der Waals surface area contributed by atoms with E-state index in [9.17, 15) is 13.2 Å². The molecular formula is C15H12ClN3O5S. The molecule has 1 amide bonds. The van der Waals surface area contributed by atoms with E-state index in [-0.39, 0.29) is 21.6 Å². The number of anilines is 1. The summed E-state index contributed by atoms with van der Waals surface area (Å²) < 4.78 is 34.4. The zero-order valence-corrected chi connectivity index (χ0v) is 14.4. The van der Waals surface area contributed by atoms with Crippen molar-refractivity contribution in [3.8, 4) is 5.75 Å². The molecule has 8 nitrogen and oxygen atoms in total. The number of carbonyl (C=O) groups is 1. The number of methoxy groups -OCH3 is 1. The maximum atomic E-state index is 12.4. The topological polar surface area (TPSA) is 110 Å². The highest BCUT2D eigenvalue weighted by Crippen LogP contribution is 2.28. The third-order valence-corrected chi connectivity index (χ3v) is 4.73. The molecule has 0 atom stereocenters. The van der Waals surface area contributed by atoms with Crippen LogP contribution in [0.2, 0.25) is 5.02 Å². The number of hydrogen-bond donors (Lipinski definition) is 2. The number of benzene rings is 2. The Bertz CT molecular complexity index is 1050. The standard InChI is InChI=1S/C15H12ClN3O5S/c1-23-15(20)19-14-17-11-7-6-9(8-12(11)18-14)25(21,22)24-13-5-3-2-4-10(13)16/h2-8H,1H3,(H2,17,18,19,20). The summed E-state index contributed by atoms with van der Waals surface area (Å²) in [6, 6.07) is 10.4. The predicted octanol–water partition coefficient (Wildman–Crippen LogP) is 3.16. The molecule has 3 rings (SSSR count). The molecule has 3 aromatic rings. The Hall–Kier alpha value is -2.78. The Labute approximate surface area is 147 Å². The molecule has 0 saturated heterocycles. The van der Waals surface area contributed by atoms with Gasteiger partial charge in [0.15, 0.2) is 5.75 Å². The molecule has 0 unspecified atom stereocenters. The minimum atomic E-state index is -4.10. The maximum Gasteiger partial charge on any atom is 0.413 e. The van der Waals surface area contributed by atoms with Gasteiger partial charge in [-0.2, -0.15) is 8.42 Å². The maximum absolute atomic E-state index is 12.4. The average molecular weight is 382 g/mol. The molecule has 0 fully saturated rings. The van der Waals surface area contributed by atoms with Gasteiger partial charge in [-0.15, -0.1) is 0 Å². The molecule has 2 N–H and O–H groups in total. The first kappa shape index (κ1) is 17.1. The van der Waals surface area contributed by atoms with Gasteiger partial charge in [-0.05, 0) is 30.3 Å². The lowest BCUT2D eigenvalue weighted by Gasteiger charge is -2.08. The van der Waals surface area contributed by atoms with Crippen LogP contribution in [0.25, 0.3) is 11.0 Å². The first-order valence-electron chi connectivity index (χ1n) is 6.93. The smallest absolute Gasteiger partial charge is 0.413 e. The van der Waals surface area contributed by atoms with Crippen LogP contribution in [0.1, 0.15) is 0 Å². The number of ether oxygens (including phenoxy) is 1. The van der Waals surface area contributed by atoms with Crippen LogP contribution in [-0.4, -0.2) is 31.6 Å². The van der Waals surface area contributed by atoms with E-state index in [1.165, 1.54) is 37.4 Å². The molecule has 0 spiro atoms. The van der Waals surface area contributed by atoms with Crippen molar-refractivity contribution in [1.82, 2.24) is 9.97 Å². The van der Waals surface area contributed by atoms with Gasteiger partial charge < -0.3 is 13.9 Å². The molecule has 1 aromatic heterocycles. The van der Waals surface area contributed by atoms with Crippen LogP contribution in [0, 0.1) is 0 Å². The zero-order chi connectivity index (χ0) is 18.0. The van der Waals surface area contributed by atoms with Gasteiger partial charge in [0.1, 0.15) is 4.90 Å². The van der Waals surface area contributed by atoms with Gasteiger partial charge in [-0.1, -0.05) is 23.7 Å². The van der Waals surface area contributed by atoms with Gasteiger partial charge in [0.05, 0.1) is 23.2 Å². The largest absolute Gasteiger partial charge is 0.453 e. The minimum absolute atomic E-state index is 0.0272. The third-order valence-electron chi connectivity index (χ3n) is 3.19. The van der Waals surface area contributed by atoms with Crippen LogP contribution in [-0.2, 0) is 14.9 Å². The quantitative estimate of drug-likeness (QED) is 0.671. The van der Waals surface area contributed by atoms with E-state index in [0.29, 0.717) is 11.0 Å². The lowest BCUT2D eigenvalue weighted by atomic mass is 10.3. The van der Waals surface area contributed by atoms with Gasteiger partial charge >= 0.3 is 16.2 Å². The number of aromatic nitrogens is 2. The molecule has 130 valence electrons. The van der Waals surface area contributed by atoms with Crippen molar-refractivity contribution in [1.29, 1.82) is 0 Å². The number of fused-ring (bicyclic) bond motifs is 1. The summed E-state index contributed by atoms with van der Waals surface area (Å²) in [6.07, 6.45) is -0.700. The van der Waals surface area contributed by atoms with Gasteiger partial charge in [-0.3, -0.25) is 5.32 Å². The van der Waals surface area contributed by atoms with E-state index in [4.69, 9.17) is 15.8 Å². The second-order valence-corrected chi connectivity index (χ2v) is 6.80. The summed E-state index contributed by atoms with van der Waals surface area (Å²) in [5, 5.41) is 2.54. The third kappa shape index (κ3) is 3.67. The van der Waals surface area contributed by atoms with Crippen LogP contribution in [0.5, 0.6) is 5.75 Å². The molecule has 0 bridgehead atoms. The average Bonchev–Trinajstić information content (AvgIpc) is 2.98. The highest BCUT2D eigenvalue weighted by molar-refractivity contribution is 7.87. The number of nitrogens with zero attached hydrogens (tertiary/aromatic N) is 1. The highest BCUT2D eigenvalue weighted by Gasteiger charge is 2.19. The zero-order valence-electron chi connectivity index (χ0n) is 12.8. The Morgan fingerprint density at radius 3 is 2.72 bits per heavy atom. The summed E-state index contributed by atoms with van der Waals surface area (Å²) in [5.74, 6) is 0.155. The predicted molar refractivity (Wildman–Crippen MR) is 91.4 cm³/mol. The molecule has 0 aliphatic carbocycles. The van der Waals surface area contributed by atoms with E-state index in [1.54, 1.807) is 12.1 Å². The summed E-state index contributed by atoms with van der Waals surface area (Å²) in [4.78, 5) is 18.0. The number of para-hydroxylation sites is 1. The van der Waals surface area contributed by atoms with Crippen molar-refractivity contribution in [2.75, 3.05) is 12.4 Å². The molecule has 1 heterocycles. The first-order valence-corrected chi connectivity index (χ1v) is 8.71. The van der Waals surface area contributed by atoms with Crippen LogP contribution < -0.4 is 9.50 Å². The van der Waals surface area contributed by atoms with Crippen molar-refractivity contribution in [3.63, 3.8) is 0 Å². The lowest BCUT2D eigenvalue weighted by molar-refractivity contribution is 0.186. The number of aromatic amines is 1. The second-order valence-electron chi connectivity index (χ2n) is 4.85. The molecule has 0 aliphatic rings. The van der Waals surface area contributed by atoms with Crippen molar-refractivity contribution in [3.05, 3.63) is 47.5 Å². The molecule has 0 radical (unpaired) electrons. The Morgan fingerprint density at radius 2 is 2.00 bits per heavy atom. The van der Waals surface area contributed by atoms with Crippen molar-refractivity contribution >= 4 is 44.8 Å². The number of carbonyl (C=O) groups excluding carboxylic acids is 1. The van der Waals surface area contributed by atoms with Gasteiger partial charge in [0, 0.05) is 0 Å². The number of nitrogens with one attached hydrogen (secondary N) is 2.